The van der Waals surface area contributed by atoms with Crippen molar-refractivity contribution < 1.29 is 14.6 Å². The van der Waals surface area contributed by atoms with Gasteiger partial charge in [-0.3, -0.25) is 0 Å². The maximum absolute atomic E-state index is 12.8. The second-order valence-electron chi connectivity index (χ2n) is 8.59. The van der Waals surface area contributed by atoms with E-state index in [0.717, 1.165) is 50.1 Å². The molecule has 4 rings (SSSR count). The van der Waals surface area contributed by atoms with Gasteiger partial charge in [-0.05, 0) is 61.4 Å². The van der Waals surface area contributed by atoms with Gasteiger partial charge < -0.3 is 25.0 Å². The minimum atomic E-state index is -0.450. The first-order chi connectivity index (χ1) is 15.1. The molecule has 6 nitrogen and oxygen atoms in total. The van der Waals surface area contributed by atoms with Gasteiger partial charge in [0, 0.05) is 37.9 Å². The Hall–Kier alpha value is -2.73. The Bertz CT molecular complexity index is 827. The van der Waals surface area contributed by atoms with Gasteiger partial charge in [0.25, 0.3) is 0 Å². The van der Waals surface area contributed by atoms with Crippen LogP contribution in [0.15, 0.2) is 54.6 Å². The van der Waals surface area contributed by atoms with Crippen molar-refractivity contribution in [1.82, 2.24) is 10.2 Å². The molecule has 0 aromatic heterocycles. The molecule has 2 aromatic rings. The molecule has 2 amide bonds. The Kier molecular flexibility index (Phi) is 6.97. The number of anilines is 1. The number of likely N-dealkylation sites (tertiary alicyclic amines) is 1. The van der Waals surface area contributed by atoms with Crippen LogP contribution >= 0.6 is 0 Å². The van der Waals surface area contributed by atoms with E-state index in [2.05, 4.69) is 22.3 Å². The molecular weight excluding hydrogens is 390 g/mol. The number of hydrogen-bond acceptors (Lipinski definition) is 4. The van der Waals surface area contributed by atoms with Crippen molar-refractivity contribution in [3.63, 3.8) is 0 Å². The molecule has 2 aliphatic heterocycles. The summed E-state index contributed by atoms with van der Waals surface area (Å²) in [5.41, 5.74) is 2.17. The number of carbonyl (C=O) groups excluding carboxylic acids is 1. The molecule has 31 heavy (non-hydrogen) atoms. The molecule has 0 spiro atoms. The molecule has 0 saturated carbocycles. The first-order valence-corrected chi connectivity index (χ1v) is 11.3. The van der Waals surface area contributed by atoms with Gasteiger partial charge in [-0.2, -0.15) is 0 Å². The fourth-order valence-corrected chi connectivity index (χ4v) is 4.68. The van der Waals surface area contributed by atoms with E-state index in [1.54, 1.807) is 7.11 Å². The van der Waals surface area contributed by atoms with Crippen LogP contribution in [-0.4, -0.2) is 55.4 Å². The van der Waals surface area contributed by atoms with Crippen molar-refractivity contribution in [2.75, 3.05) is 38.2 Å². The average molecular weight is 424 g/mol. The van der Waals surface area contributed by atoms with Crippen molar-refractivity contribution in [2.24, 2.45) is 5.92 Å². The second kappa shape index (κ2) is 10.1. The lowest BCUT2D eigenvalue weighted by atomic mass is 9.87. The highest BCUT2D eigenvalue weighted by Crippen LogP contribution is 2.30. The van der Waals surface area contributed by atoms with Crippen molar-refractivity contribution in [2.45, 2.75) is 37.8 Å². The third-order valence-corrected chi connectivity index (χ3v) is 6.67. The van der Waals surface area contributed by atoms with Gasteiger partial charge in [-0.15, -0.1) is 0 Å². The van der Waals surface area contributed by atoms with E-state index in [0.29, 0.717) is 13.1 Å². The molecule has 0 radical (unpaired) electrons. The van der Waals surface area contributed by atoms with Crippen LogP contribution in [0.5, 0.6) is 5.75 Å². The predicted molar refractivity (Wildman–Crippen MR) is 122 cm³/mol. The zero-order valence-corrected chi connectivity index (χ0v) is 18.2. The van der Waals surface area contributed by atoms with Gasteiger partial charge in [-0.1, -0.05) is 30.3 Å². The van der Waals surface area contributed by atoms with Gasteiger partial charge in [0.1, 0.15) is 5.75 Å². The molecule has 1 unspecified atom stereocenters. The topological polar surface area (TPSA) is 65.0 Å². The monoisotopic (exact) mass is 423 g/mol. The number of benzene rings is 2. The number of rotatable bonds is 5. The smallest absolute Gasteiger partial charge is 0.317 e. The summed E-state index contributed by atoms with van der Waals surface area (Å²) in [4.78, 5) is 17.0. The highest BCUT2D eigenvalue weighted by molar-refractivity contribution is 5.74. The highest BCUT2D eigenvalue weighted by Gasteiger charge is 2.29. The molecule has 6 heteroatoms. The standard InChI is InChI=1S/C25H33N3O3/c1-31-23-9-7-22(8-10-23)27-17-13-21(14-18-27)26-25(30)28-15-11-20(12-16-28)24(29)19-5-3-2-4-6-19/h2-10,20-21,24,29H,11-18H2,1H3,(H,26,30). The van der Waals surface area contributed by atoms with E-state index in [4.69, 9.17) is 4.74 Å². The van der Waals surface area contributed by atoms with Crippen LogP contribution in [-0.2, 0) is 0 Å². The lowest BCUT2D eigenvalue weighted by molar-refractivity contribution is 0.0660. The number of nitrogens with one attached hydrogen (secondary N) is 1. The summed E-state index contributed by atoms with van der Waals surface area (Å²) in [6.07, 6.45) is 3.11. The van der Waals surface area contributed by atoms with Crippen molar-refractivity contribution in [1.29, 1.82) is 0 Å². The highest BCUT2D eigenvalue weighted by atomic mass is 16.5. The summed E-state index contributed by atoms with van der Waals surface area (Å²) < 4.78 is 5.23. The number of hydrogen-bond donors (Lipinski definition) is 2. The van der Waals surface area contributed by atoms with E-state index >= 15 is 0 Å². The minimum absolute atomic E-state index is 0.0375. The fraction of sp³-hybridized carbons (Fsp3) is 0.480. The number of piperidine rings is 2. The number of aliphatic hydroxyl groups excluding tert-OH is 1. The first kappa shape index (κ1) is 21.5. The fourth-order valence-electron chi connectivity index (χ4n) is 4.68. The van der Waals surface area contributed by atoms with E-state index in [1.165, 1.54) is 5.69 Å². The number of methoxy groups -OCH3 is 1. The molecule has 0 aliphatic carbocycles. The summed E-state index contributed by atoms with van der Waals surface area (Å²) in [5, 5.41) is 13.9. The molecule has 0 bridgehead atoms. The molecule has 2 N–H and O–H groups in total. The number of aliphatic hydroxyl groups is 1. The van der Waals surface area contributed by atoms with Crippen molar-refractivity contribution in [3.8, 4) is 5.75 Å². The van der Waals surface area contributed by atoms with Crippen LogP contribution < -0.4 is 15.0 Å². The van der Waals surface area contributed by atoms with Gasteiger partial charge >= 0.3 is 6.03 Å². The van der Waals surface area contributed by atoms with E-state index in [-0.39, 0.29) is 18.0 Å². The molecule has 1 atom stereocenters. The SMILES string of the molecule is COc1ccc(N2CCC(NC(=O)N3CCC(C(O)c4ccccc4)CC3)CC2)cc1. The van der Waals surface area contributed by atoms with E-state index in [1.807, 2.05) is 47.4 Å². The number of urea groups is 1. The minimum Gasteiger partial charge on any atom is -0.497 e. The quantitative estimate of drug-likeness (QED) is 0.767. The lowest BCUT2D eigenvalue weighted by Crippen LogP contribution is -2.51. The van der Waals surface area contributed by atoms with Crippen LogP contribution in [0, 0.1) is 5.92 Å². The van der Waals surface area contributed by atoms with Crippen molar-refractivity contribution >= 4 is 11.7 Å². The number of ether oxygens (including phenoxy) is 1. The summed E-state index contributed by atoms with van der Waals surface area (Å²) in [5.74, 6) is 1.07. The Labute approximate surface area is 184 Å². The van der Waals surface area contributed by atoms with Crippen LogP contribution in [0.3, 0.4) is 0 Å². The van der Waals surface area contributed by atoms with Crippen LogP contribution in [0.4, 0.5) is 10.5 Å². The molecule has 2 heterocycles. The Morgan fingerprint density at radius 2 is 1.61 bits per heavy atom. The summed E-state index contributed by atoms with van der Waals surface area (Å²) in [6.45, 7) is 3.27. The van der Waals surface area contributed by atoms with Gasteiger partial charge in [0.05, 0.1) is 13.2 Å². The van der Waals surface area contributed by atoms with Gasteiger partial charge in [0.15, 0.2) is 0 Å². The van der Waals surface area contributed by atoms with E-state index < -0.39 is 6.10 Å². The van der Waals surface area contributed by atoms with Gasteiger partial charge in [-0.25, -0.2) is 4.79 Å². The maximum Gasteiger partial charge on any atom is 0.317 e. The Morgan fingerprint density at radius 1 is 0.968 bits per heavy atom. The Balaban J connectivity index is 1.21. The molecule has 166 valence electrons. The third-order valence-electron chi connectivity index (χ3n) is 6.67. The summed E-state index contributed by atoms with van der Waals surface area (Å²) in [7, 11) is 1.68. The number of nitrogens with zero attached hydrogens (tertiary/aromatic N) is 2. The normalized spacial score (nSPS) is 19.2. The second-order valence-corrected chi connectivity index (χ2v) is 8.59. The molecule has 2 aliphatic rings. The van der Waals surface area contributed by atoms with Gasteiger partial charge in [0.2, 0.25) is 0 Å². The zero-order chi connectivity index (χ0) is 21.6. The lowest BCUT2D eigenvalue weighted by Gasteiger charge is -2.37. The number of amides is 2. The predicted octanol–water partition coefficient (Wildman–Crippen LogP) is 3.82. The first-order valence-electron chi connectivity index (χ1n) is 11.3. The Morgan fingerprint density at radius 3 is 2.23 bits per heavy atom. The van der Waals surface area contributed by atoms with Crippen molar-refractivity contribution in [3.05, 3.63) is 60.2 Å². The molecule has 2 aromatic carbocycles. The summed E-state index contributed by atoms with van der Waals surface area (Å²) in [6, 6.07) is 18.2. The zero-order valence-electron chi connectivity index (χ0n) is 18.2. The number of carbonyl (C=O) groups is 1. The summed E-state index contributed by atoms with van der Waals surface area (Å²) >= 11 is 0. The van der Waals surface area contributed by atoms with Crippen LogP contribution in [0.25, 0.3) is 0 Å². The van der Waals surface area contributed by atoms with Crippen LogP contribution in [0.2, 0.25) is 0 Å². The van der Waals surface area contributed by atoms with Crippen LogP contribution in [0.1, 0.15) is 37.4 Å². The molecular formula is C25H33N3O3. The van der Waals surface area contributed by atoms with E-state index in [9.17, 15) is 9.90 Å². The average Bonchev–Trinajstić information content (AvgIpc) is 2.85. The maximum atomic E-state index is 12.8. The molecule has 2 fully saturated rings. The third kappa shape index (κ3) is 5.31. The molecule has 2 saturated heterocycles. The largest absolute Gasteiger partial charge is 0.497 e.